The number of nitrogens with one attached hydrogen (secondary N) is 1. The van der Waals surface area contributed by atoms with Gasteiger partial charge in [0.15, 0.2) is 17.2 Å². The van der Waals surface area contributed by atoms with E-state index in [-0.39, 0.29) is 5.91 Å². The van der Waals surface area contributed by atoms with Crippen molar-refractivity contribution in [3.63, 3.8) is 0 Å². The zero-order valence-corrected chi connectivity index (χ0v) is 19.1. The molecule has 0 radical (unpaired) electrons. The molecule has 0 unspecified atom stereocenters. The van der Waals surface area contributed by atoms with Gasteiger partial charge in [0.1, 0.15) is 11.5 Å². The van der Waals surface area contributed by atoms with E-state index in [1.165, 1.54) is 13.2 Å². The number of rotatable bonds is 10. The molecule has 0 saturated carbocycles. The van der Waals surface area contributed by atoms with E-state index in [0.29, 0.717) is 41.0 Å². The van der Waals surface area contributed by atoms with Gasteiger partial charge in [-0.15, -0.1) is 0 Å². The minimum atomic E-state index is -0.313. The van der Waals surface area contributed by atoms with E-state index >= 15 is 0 Å². The molecule has 172 valence electrons. The first-order chi connectivity index (χ1) is 16.1. The summed E-state index contributed by atoms with van der Waals surface area (Å²) in [6, 6.07) is 18.0. The summed E-state index contributed by atoms with van der Waals surface area (Å²) in [7, 11) is 4.62. The monoisotopic (exact) mass is 449 g/mol. The first-order valence-corrected chi connectivity index (χ1v) is 10.4. The van der Waals surface area contributed by atoms with Gasteiger partial charge in [-0.3, -0.25) is 4.79 Å². The van der Waals surface area contributed by atoms with Crippen molar-refractivity contribution in [1.82, 2.24) is 0 Å². The van der Waals surface area contributed by atoms with Crippen molar-refractivity contribution >= 4 is 17.7 Å². The van der Waals surface area contributed by atoms with Crippen LogP contribution in [-0.4, -0.2) is 33.8 Å². The smallest absolute Gasteiger partial charge is 0.248 e. The average molecular weight is 450 g/mol. The van der Waals surface area contributed by atoms with Crippen LogP contribution in [0.15, 0.2) is 66.7 Å². The summed E-state index contributed by atoms with van der Waals surface area (Å²) in [6.45, 7) is 2.53. The molecule has 1 N–H and O–H groups in total. The van der Waals surface area contributed by atoms with Crippen LogP contribution in [0.2, 0.25) is 0 Å². The van der Waals surface area contributed by atoms with Crippen molar-refractivity contribution in [2.75, 3.05) is 33.3 Å². The molecule has 0 aliphatic rings. The third-order valence-corrected chi connectivity index (χ3v) is 4.62. The van der Waals surface area contributed by atoms with Crippen LogP contribution in [0.5, 0.6) is 34.5 Å². The second-order valence-corrected chi connectivity index (χ2v) is 6.78. The second-order valence-electron chi connectivity index (χ2n) is 6.78. The van der Waals surface area contributed by atoms with E-state index in [0.717, 1.165) is 11.3 Å². The van der Waals surface area contributed by atoms with Gasteiger partial charge in [-0.1, -0.05) is 12.1 Å². The van der Waals surface area contributed by atoms with E-state index in [9.17, 15) is 4.79 Å². The van der Waals surface area contributed by atoms with Crippen LogP contribution in [0.3, 0.4) is 0 Å². The minimum absolute atomic E-state index is 0.313. The van der Waals surface area contributed by atoms with Crippen LogP contribution >= 0.6 is 0 Å². The van der Waals surface area contributed by atoms with Gasteiger partial charge in [0, 0.05) is 6.08 Å². The normalized spacial score (nSPS) is 10.5. The van der Waals surface area contributed by atoms with Crippen LogP contribution in [-0.2, 0) is 4.79 Å². The SMILES string of the molecule is CCOc1ccc(Oc2ccccc2NC(=O)/C=C/c2cc(OC)c(OC)c(OC)c2)cc1. The van der Waals surface area contributed by atoms with Gasteiger partial charge < -0.3 is 29.0 Å². The summed E-state index contributed by atoms with van der Waals surface area (Å²) in [5.41, 5.74) is 1.27. The summed E-state index contributed by atoms with van der Waals surface area (Å²) < 4.78 is 27.4. The Bertz CT molecular complexity index is 1080. The summed E-state index contributed by atoms with van der Waals surface area (Å²) >= 11 is 0. The fourth-order valence-corrected chi connectivity index (χ4v) is 3.10. The van der Waals surface area contributed by atoms with Gasteiger partial charge in [-0.2, -0.15) is 0 Å². The molecule has 7 heteroatoms. The molecule has 0 bridgehead atoms. The Morgan fingerprint density at radius 1 is 0.848 bits per heavy atom. The lowest BCUT2D eigenvalue weighted by atomic mass is 10.1. The highest BCUT2D eigenvalue weighted by Crippen LogP contribution is 2.38. The number of anilines is 1. The third kappa shape index (κ3) is 6.20. The van der Waals surface area contributed by atoms with Crippen LogP contribution in [0.4, 0.5) is 5.69 Å². The molecule has 0 spiro atoms. The number of benzene rings is 3. The van der Waals surface area contributed by atoms with E-state index in [1.807, 2.05) is 43.3 Å². The van der Waals surface area contributed by atoms with Crippen molar-refractivity contribution in [2.45, 2.75) is 6.92 Å². The Kier molecular flexibility index (Phi) is 8.18. The number of amides is 1. The lowest BCUT2D eigenvalue weighted by Gasteiger charge is -2.13. The predicted octanol–water partition coefficient (Wildman–Crippen LogP) is 5.56. The quantitative estimate of drug-likeness (QED) is 0.409. The molecule has 0 atom stereocenters. The summed E-state index contributed by atoms with van der Waals surface area (Å²) in [6.07, 6.45) is 3.09. The number of ether oxygens (including phenoxy) is 5. The van der Waals surface area contributed by atoms with E-state index < -0.39 is 0 Å². The van der Waals surface area contributed by atoms with Crippen molar-refractivity contribution in [2.24, 2.45) is 0 Å². The molecular formula is C26H27NO6. The molecule has 3 aromatic rings. The van der Waals surface area contributed by atoms with Crippen molar-refractivity contribution in [3.8, 4) is 34.5 Å². The molecule has 7 nitrogen and oxygen atoms in total. The van der Waals surface area contributed by atoms with Crippen LogP contribution in [0, 0.1) is 0 Å². The van der Waals surface area contributed by atoms with Gasteiger partial charge >= 0.3 is 0 Å². The molecule has 0 heterocycles. The Labute approximate surface area is 193 Å². The van der Waals surface area contributed by atoms with Crippen LogP contribution in [0.25, 0.3) is 6.08 Å². The van der Waals surface area contributed by atoms with E-state index in [2.05, 4.69) is 5.32 Å². The van der Waals surface area contributed by atoms with Crippen LogP contribution in [0.1, 0.15) is 12.5 Å². The lowest BCUT2D eigenvalue weighted by molar-refractivity contribution is -0.111. The largest absolute Gasteiger partial charge is 0.494 e. The predicted molar refractivity (Wildman–Crippen MR) is 128 cm³/mol. The van der Waals surface area contributed by atoms with Crippen molar-refractivity contribution in [3.05, 3.63) is 72.3 Å². The van der Waals surface area contributed by atoms with Gasteiger partial charge in [-0.05, 0) is 67.1 Å². The van der Waals surface area contributed by atoms with Gasteiger partial charge in [0.25, 0.3) is 0 Å². The van der Waals surface area contributed by atoms with Gasteiger partial charge in [-0.25, -0.2) is 0 Å². The van der Waals surface area contributed by atoms with Crippen molar-refractivity contribution < 1.29 is 28.5 Å². The van der Waals surface area contributed by atoms with E-state index in [4.69, 9.17) is 23.7 Å². The molecule has 0 fully saturated rings. The second kappa shape index (κ2) is 11.5. The number of carbonyl (C=O) groups excluding carboxylic acids is 1. The number of methoxy groups -OCH3 is 3. The highest BCUT2D eigenvalue weighted by atomic mass is 16.5. The zero-order valence-electron chi connectivity index (χ0n) is 19.1. The Balaban J connectivity index is 1.73. The Hall–Kier alpha value is -4.13. The maximum Gasteiger partial charge on any atom is 0.248 e. The molecule has 1 amide bonds. The van der Waals surface area contributed by atoms with E-state index in [1.54, 1.807) is 44.6 Å². The zero-order chi connectivity index (χ0) is 23.6. The number of hydrogen-bond acceptors (Lipinski definition) is 6. The first-order valence-electron chi connectivity index (χ1n) is 10.4. The standard InChI is InChI=1S/C26H27NO6/c1-5-32-19-11-13-20(14-12-19)33-22-9-7-6-8-21(22)27-25(28)15-10-18-16-23(29-2)26(31-4)24(17-18)30-3/h6-17H,5H2,1-4H3,(H,27,28)/b15-10+. The van der Waals surface area contributed by atoms with Crippen LogP contribution < -0.4 is 29.0 Å². The molecular weight excluding hydrogens is 422 g/mol. The van der Waals surface area contributed by atoms with Gasteiger partial charge in [0.2, 0.25) is 11.7 Å². The number of carbonyl (C=O) groups is 1. The summed E-state index contributed by atoms with van der Waals surface area (Å²) in [5.74, 6) is 3.11. The summed E-state index contributed by atoms with van der Waals surface area (Å²) in [4.78, 5) is 12.6. The van der Waals surface area contributed by atoms with Gasteiger partial charge in [0.05, 0.1) is 33.6 Å². The maximum atomic E-state index is 12.6. The third-order valence-electron chi connectivity index (χ3n) is 4.62. The number of hydrogen-bond donors (Lipinski definition) is 1. The molecule has 0 saturated heterocycles. The maximum absolute atomic E-state index is 12.6. The van der Waals surface area contributed by atoms with Crippen molar-refractivity contribution in [1.29, 1.82) is 0 Å². The fraction of sp³-hybridized carbons (Fsp3) is 0.192. The highest BCUT2D eigenvalue weighted by molar-refractivity contribution is 6.02. The topological polar surface area (TPSA) is 75.3 Å². The molecule has 3 aromatic carbocycles. The molecule has 3 rings (SSSR count). The highest BCUT2D eigenvalue weighted by Gasteiger charge is 2.12. The fourth-order valence-electron chi connectivity index (χ4n) is 3.10. The Morgan fingerprint density at radius 2 is 1.48 bits per heavy atom. The average Bonchev–Trinajstić information content (AvgIpc) is 2.84. The Morgan fingerprint density at radius 3 is 2.09 bits per heavy atom. The first kappa shape index (κ1) is 23.5. The number of para-hydroxylation sites is 2. The lowest BCUT2D eigenvalue weighted by Crippen LogP contribution is -2.08. The minimum Gasteiger partial charge on any atom is -0.494 e. The molecule has 0 aromatic heterocycles. The summed E-state index contributed by atoms with van der Waals surface area (Å²) in [5, 5.41) is 2.85. The molecule has 33 heavy (non-hydrogen) atoms. The molecule has 0 aliphatic carbocycles. The molecule has 0 aliphatic heterocycles.